The fourth-order valence-electron chi connectivity index (χ4n) is 1.76. The molecule has 2 aromatic rings. The van der Waals surface area contributed by atoms with Crippen LogP contribution in [0.2, 0.25) is 0 Å². The Kier molecular flexibility index (Phi) is 5.47. The summed E-state index contributed by atoms with van der Waals surface area (Å²) >= 11 is 5.17. The minimum atomic E-state index is -0.205. The second-order valence-electron chi connectivity index (χ2n) is 5.91. The first-order chi connectivity index (χ1) is 9.83. The van der Waals surface area contributed by atoms with E-state index in [-0.39, 0.29) is 11.4 Å². The van der Waals surface area contributed by atoms with Crippen molar-refractivity contribution in [3.63, 3.8) is 0 Å². The molecular formula is C17H19BrFNS. The first-order valence-electron chi connectivity index (χ1n) is 6.80. The van der Waals surface area contributed by atoms with Crippen molar-refractivity contribution in [2.75, 3.05) is 0 Å². The molecule has 0 saturated carbocycles. The summed E-state index contributed by atoms with van der Waals surface area (Å²) in [6.07, 6.45) is 0. The lowest BCUT2D eigenvalue weighted by atomic mass is 10.1. The number of halogens is 2. The first-order valence-corrected chi connectivity index (χ1v) is 8.41. The lowest BCUT2D eigenvalue weighted by Gasteiger charge is -2.21. The second-order valence-corrected chi connectivity index (χ2v) is 7.94. The lowest BCUT2D eigenvalue weighted by molar-refractivity contribution is 0.422. The molecule has 0 aliphatic heterocycles. The van der Waals surface area contributed by atoms with Crippen LogP contribution in [0.5, 0.6) is 0 Å². The lowest BCUT2D eigenvalue weighted by Crippen LogP contribution is -2.35. The molecule has 1 N–H and O–H groups in total. The SMILES string of the molecule is CC(C)(C)NCc1ccc(Br)cc1Sc1ccc(F)cc1. The molecule has 0 aliphatic carbocycles. The predicted molar refractivity (Wildman–Crippen MR) is 91.3 cm³/mol. The summed E-state index contributed by atoms with van der Waals surface area (Å²) in [4.78, 5) is 2.21. The number of rotatable bonds is 4. The van der Waals surface area contributed by atoms with Gasteiger partial charge in [0.15, 0.2) is 0 Å². The third-order valence-corrected chi connectivity index (χ3v) is 4.48. The van der Waals surface area contributed by atoms with Crippen LogP contribution in [0.25, 0.3) is 0 Å². The molecule has 4 heteroatoms. The number of nitrogens with one attached hydrogen (secondary N) is 1. The molecule has 0 heterocycles. The van der Waals surface area contributed by atoms with Crippen molar-refractivity contribution in [2.24, 2.45) is 0 Å². The van der Waals surface area contributed by atoms with Crippen LogP contribution in [0.15, 0.2) is 56.7 Å². The highest BCUT2D eigenvalue weighted by atomic mass is 79.9. The Morgan fingerprint density at radius 2 is 1.76 bits per heavy atom. The van der Waals surface area contributed by atoms with Crippen LogP contribution < -0.4 is 5.32 Å². The summed E-state index contributed by atoms with van der Waals surface area (Å²) in [6, 6.07) is 12.9. The van der Waals surface area contributed by atoms with Gasteiger partial charge < -0.3 is 5.32 Å². The van der Waals surface area contributed by atoms with E-state index in [1.807, 2.05) is 18.2 Å². The molecule has 2 aromatic carbocycles. The van der Waals surface area contributed by atoms with E-state index in [0.717, 1.165) is 15.9 Å². The molecule has 0 atom stereocenters. The van der Waals surface area contributed by atoms with Crippen LogP contribution in [0.1, 0.15) is 26.3 Å². The maximum atomic E-state index is 13.0. The number of hydrogen-bond acceptors (Lipinski definition) is 2. The Morgan fingerprint density at radius 1 is 1.10 bits per heavy atom. The Morgan fingerprint density at radius 3 is 2.38 bits per heavy atom. The number of benzene rings is 2. The zero-order valence-corrected chi connectivity index (χ0v) is 14.8. The Balaban J connectivity index is 2.20. The van der Waals surface area contributed by atoms with Crippen molar-refractivity contribution < 1.29 is 4.39 Å². The van der Waals surface area contributed by atoms with Crippen molar-refractivity contribution >= 4 is 27.7 Å². The fraction of sp³-hybridized carbons (Fsp3) is 0.294. The van der Waals surface area contributed by atoms with E-state index in [1.165, 1.54) is 22.6 Å². The Bertz CT molecular complexity index is 605. The smallest absolute Gasteiger partial charge is 0.123 e. The summed E-state index contributed by atoms with van der Waals surface area (Å²) in [5, 5.41) is 3.50. The Hall–Kier alpha value is -0.840. The van der Waals surface area contributed by atoms with Crippen molar-refractivity contribution in [1.29, 1.82) is 0 Å². The highest BCUT2D eigenvalue weighted by Crippen LogP contribution is 2.33. The molecule has 0 aliphatic rings. The molecule has 1 nitrogen and oxygen atoms in total. The number of hydrogen-bond donors (Lipinski definition) is 1. The molecule has 0 radical (unpaired) electrons. The van der Waals surface area contributed by atoms with Crippen LogP contribution in [0, 0.1) is 5.82 Å². The minimum absolute atomic E-state index is 0.0743. The van der Waals surface area contributed by atoms with Crippen molar-refractivity contribution in [1.82, 2.24) is 5.32 Å². The summed E-state index contributed by atoms with van der Waals surface area (Å²) in [5.41, 5.74) is 1.31. The van der Waals surface area contributed by atoms with E-state index in [1.54, 1.807) is 11.8 Å². The zero-order valence-electron chi connectivity index (χ0n) is 12.4. The third-order valence-electron chi connectivity index (χ3n) is 2.88. The summed E-state index contributed by atoms with van der Waals surface area (Å²) < 4.78 is 14.0. The molecule has 0 saturated heterocycles. The average Bonchev–Trinajstić information content (AvgIpc) is 2.39. The topological polar surface area (TPSA) is 12.0 Å². The van der Waals surface area contributed by atoms with Gasteiger partial charge in [-0.15, -0.1) is 0 Å². The molecule has 0 unspecified atom stereocenters. The van der Waals surface area contributed by atoms with Gasteiger partial charge in [0.25, 0.3) is 0 Å². The fourth-order valence-corrected chi connectivity index (χ4v) is 3.26. The van der Waals surface area contributed by atoms with Crippen LogP contribution >= 0.6 is 27.7 Å². The highest BCUT2D eigenvalue weighted by Gasteiger charge is 2.11. The standard InChI is InChI=1S/C17H19BrFNS/c1-17(2,3)20-11-12-4-5-13(18)10-16(12)21-15-8-6-14(19)7-9-15/h4-10,20H,11H2,1-3H3. The molecule has 112 valence electrons. The minimum Gasteiger partial charge on any atom is -0.308 e. The summed E-state index contributed by atoms with van der Waals surface area (Å²) in [5.74, 6) is -0.205. The molecule has 0 spiro atoms. The average molecular weight is 368 g/mol. The van der Waals surface area contributed by atoms with E-state index in [9.17, 15) is 4.39 Å². The van der Waals surface area contributed by atoms with E-state index >= 15 is 0 Å². The van der Waals surface area contributed by atoms with Crippen molar-refractivity contribution in [3.05, 3.63) is 58.3 Å². The molecule has 2 rings (SSSR count). The second kappa shape index (κ2) is 6.95. The van der Waals surface area contributed by atoms with Gasteiger partial charge in [0, 0.05) is 26.3 Å². The molecule has 0 amide bonds. The summed E-state index contributed by atoms with van der Waals surface area (Å²) in [6.45, 7) is 7.26. The maximum Gasteiger partial charge on any atom is 0.123 e. The van der Waals surface area contributed by atoms with E-state index in [0.29, 0.717) is 0 Å². The molecule has 21 heavy (non-hydrogen) atoms. The van der Waals surface area contributed by atoms with Crippen molar-refractivity contribution in [2.45, 2.75) is 42.6 Å². The Labute approximate surface area is 138 Å². The van der Waals surface area contributed by atoms with Gasteiger partial charge in [0.1, 0.15) is 5.82 Å². The van der Waals surface area contributed by atoms with Crippen LogP contribution in [-0.2, 0) is 6.54 Å². The molecular weight excluding hydrogens is 349 g/mol. The third kappa shape index (κ3) is 5.46. The normalized spacial score (nSPS) is 11.7. The monoisotopic (exact) mass is 367 g/mol. The van der Waals surface area contributed by atoms with Gasteiger partial charge >= 0.3 is 0 Å². The van der Waals surface area contributed by atoms with Gasteiger partial charge in [0.2, 0.25) is 0 Å². The van der Waals surface area contributed by atoms with E-state index < -0.39 is 0 Å². The van der Waals surface area contributed by atoms with Gasteiger partial charge in [-0.1, -0.05) is 33.8 Å². The predicted octanol–water partition coefficient (Wildman–Crippen LogP) is 5.63. The van der Waals surface area contributed by atoms with Gasteiger partial charge in [-0.3, -0.25) is 0 Å². The van der Waals surface area contributed by atoms with Crippen LogP contribution in [0.3, 0.4) is 0 Å². The van der Waals surface area contributed by atoms with Gasteiger partial charge in [0.05, 0.1) is 0 Å². The highest BCUT2D eigenvalue weighted by molar-refractivity contribution is 9.10. The van der Waals surface area contributed by atoms with E-state index in [4.69, 9.17) is 0 Å². The molecule has 0 aromatic heterocycles. The molecule has 0 bridgehead atoms. The molecule has 0 fully saturated rings. The first kappa shape index (κ1) is 16.5. The maximum absolute atomic E-state index is 13.0. The summed E-state index contributed by atoms with van der Waals surface area (Å²) in [7, 11) is 0. The van der Waals surface area contributed by atoms with Gasteiger partial charge in [-0.25, -0.2) is 4.39 Å². The van der Waals surface area contributed by atoms with Crippen LogP contribution in [0.4, 0.5) is 4.39 Å². The van der Waals surface area contributed by atoms with E-state index in [2.05, 4.69) is 54.2 Å². The van der Waals surface area contributed by atoms with Gasteiger partial charge in [-0.05, 0) is 62.7 Å². The van der Waals surface area contributed by atoms with Crippen molar-refractivity contribution in [3.8, 4) is 0 Å². The quantitative estimate of drug-likeness (QED) is 0.751. The zero-order chi connectivity index (χ0) is 15.5. The largest absolute Gasteiger partial charge is 0.308 e. The van der Waals surface area contributed by atoms with Crippen LogP contribution in [-0.4, -0.2) is 5.54 Å². The van der Waals surface area contributed by atoms with Gasteiger partial charge in [-0.2, -0.15) is 0 Å².